The van der Waals surface area contributed by atoms with Gasteiger partial charge in [0.25, 0.3) is 5.91 Å². The van der Waals surface area contributed by atoms with Crippen LogP contribution < -0.4 is 11.1 Å². The van der Waals surface area contributed by atoms with Gasteiger partial charge in [0.05, 0.1) is 0 Å². The predicted octanol–water partition coefficient (Wildman–Crippen LogP) is -0.00420. The second-order valence-electron chi connectivity index (χ2n) is 3.14. The van der Waals surface area contributed by atoms with Crippen molar-refractivity contribution in [3.05, 3.63) is 29.8 Å². The monoisotopic (exact) mass is 208 g/mol. The molecule has 1 aromatic rings. The minimum absolute atomic E-state index is 0.0782. The summed E-state index contributed by atoms with van der Waals surface area (Å²) in [6, 6.07) is 4.98. The summed E-state index contributed by atoms with van der Waals surface area (Å²) in [5.41, 5.74) is 5.35. The molecular formula is C10H12N2O3. The summed E-state index contributed by atoms with van der Waals surface area (Å²) in [4.78, 5) is 22.2. The number of nitrogens with two attached hydrogens (primary N) is 1. The zero-order valence-corrected chi connectivity index (χ0v) is 8.23. The highest BCUT2D eigenvalue weighted by molar-refractivity contribution is 5.97. The maximum Gasteiger partial charge on any atom is 0.251 e. The van der Waals surface area contributed by atoms with E-state index in [-0.39, 0.29) is 5.75 Å². The van der Waals surface area contributed by atoms with Crippen molar-refractivity contribution < 1.29 is 14.7 Å². The van der Waals surface area contributed by atoms with Crippen molar-refractivity contribution in [1.29, 1.82) is 0 Å². The number of rotatable bonds is 3. The topological polar surface area (TPSA) is 92.4 Å². The van der Waals surface area contributed by atoms with Crippen LogP contribution in [0, 0.1) is 0 Å². The quantitative estimate of drug-likeness (QED) is 0.652. The molecule has 0 aliphatic carbocycles. The number of hydrogen-bond donors (Lipinski definition) is 3. The summed E-state index contributed by atoms with van der Waals surface area (Å²) < 4.78 is 0. The number of aromatic hydroxyl groups is 1. The van der Waals surface area contributed by atoms with Gasteiger partial charge in [-0.15, -0.1) is 0 Å². The number of phenolic OH excluding ortho intramolecular Hbond substituents is 1. The van der Waals surface area contributed by atoms with Gasteiger partial charge in [-0.05, 0) is 31.2 Å². The number of carbonyl (C=O) groups excluding carboxylic acids is 2. The Hall–Kier alpha value is -2.04. The summed E-state index contributed by atoms with van der Waals surface area (Å²) in [6.45, 7) is 1.50. The van der Waals surface area contributed by atoms with Crippen molar-refractivity contribution in [2.45, 2.75) is 13.0 Å². The Morgan fingerprint density at radius 3 is 2.33 bits per heavy atom. The Balaban J connectivity index is 2.69. The van der Waals surface area contributed by atoms with Crippen LogP contribution in [0.15, 0.2) is 24.3 Å². The number of amides is 2. The highest BCUT2D eigenvalue weighted by atomic mass is 16.3. The lowest BCUT2D eigenvalue weighted by Gasteiger charge is -2.09. The van der Waals surface area contributed by atoms with E-state index in [1.807, 2.05) is 0 Å². The zero-order valence-electron chi connectivity index (χ0n) is 8.23. The average Bonchev–Trinajstić information content (AvgIpc) is 2.18. The van der Waals surface area contributed by atoms with Gasteiger partial charge in [0.1, 0.15) is 11.8 Å². The summed E-state index contributed by atoms with van der Waals surface area (Å²) in [5, 5.41) is 11.4. The van der Waals surface area contributed by atoms with E-state index in [2.05, 4.69) is 5.32 Å². The second-order valence-corrected chi connectivity index (χ2v) is 3.14. The number of nitrogens with one attached hydrogen (secondary N) is 1. The third-order valence-electron chi connectivity index (χ3n) is 1.90. The van der Waals surface area contributed by atoms with Crippen molar-refractivity contribution in [2.24, 2.45) is 5.73 Å². The van der Waals surface area contributed by atoms with Crippen molar-refractivity contribution in [3.8, 4) is 5.75 Å². The van der Waals surface area contributed by atoms with Gasteiger partial charge in [-0.1, -0.05) is 0 Å². The molecule has 5 heteroatoms. The molecule has 0 aliphatic rings. The Morgan fingerprint density at radius 2 is 1.87 bits per heavy atom. The maximum absolute atomic E-state index is 11.5. The molecule has 1 rings (SSSR count). The van der Waals surface area contributed by atoms with Crippen molar-refractivity contribution in [2.75, 3.05) is 0 Å². The standard InChI is InChI=1S/C10H12N2O3/c1-6(9(11)14)12-10(15)7-2-4-8(13)5-3-7/h2-6,13H,1H3,(H2,11,14)(H,12,15)/t6-/m0/s1. The Bertz CT molecular complexity index is 373. The molecule has 0 aliphatic heterocycles. The first-order chi connectivity index (χ1) is 7.00. The fourth-order valence-electron chi connectivity index (χ4n) is 0.964. The van der Waals surface area contributed by atoms with Crippen molar-refractivity contribution in [1.82, 2.24) is 5.32 Å². The van der Waals surface area contributed by atoms with Crippen LogP contribution in [0.5, 0.6) is 5.75 Å². The van der Waals surface area contributed by atoms with E-state index < -0.39 is 17.9 Å². The largest absolute Gasteiger partial charge is 0.508 e. The third-order valence-corrected chi connectivity index (χ3v) is 1.90. The molecule has 0 radical (unpaired) electrons. The van der Waals surface area contributed by atoms with Gasteiger partial charge in [0.15, 0.2) is 0 Å². The summed E-state index contributed by atoms with van der Waals surface area (Å²) in [5.74, 6) is -0.919. The molecule has 0 bridgehead atoms. The molecule has 80 valence electrons. The molecule has 1 aromatic carbocycles. The lowest BCUT2D eigenvalue weighted by Crippen LogP contribution is -2.42. The summed E-state index contributed by atoms with van der Waals surface area (Å²) >= 11 is 0. The molecule has 0 fully saturated rings. The lowest BCUT2D eigenvalue weighted by atomic mass is 10.2. The number of carbonyl (C=O) groups is 2. The van der Waals surface area contributed by atoms with E-state index in [9.17, 15) is 9.59 Å². The van der Waals surface area contributed by atoms with Gasteiger partial charge < -0.3 is 16.2 Å². The van der Waals surface area contributed by atoms with Crippen LogP contribution in [0.2, 0.25) is 0 Å². The second kappa shape index (κ2) is 4.45. The fourth-order valence-corrected chi connectivity index (χ4v) is 0.964. The van der Waals surface area contributed by atoms with Crippen molar-refractivity contribution in [3.63, 3.8) is 0 Å². The predicted molar refractivity (Wildman–Crippen MR) is 54.2 cm³/mol. The summed E-state index contributed by atoms with van der Waals surface area (Å²) in [7, 11) is 0. The van der Waals surface area contributed by atoms with Gasteiger partial charge in [0.2, 0.25) is 5.91 Å². The molecule has 2 amide bonds. The van der Waals surface area contributed by atoms with Crippen molar-refractivity contribution >= 4 is 11.8 Å². The van der Waals surface area contributed by atoms with Crippen LogP contribution in [0.1, 0.15) is 17.3 Å². The van der Waals surface area contributed by atoms with Crippen LogP contribution in [-0.2, 0) is 4.79 Å². The minimum atomic E-state index is -0.716. The molecule has 0 heterocycles. The van der Waals surface area contributed by atoms with Gasteiger partial charge >= 0.3 is 0 Å². The smallest absolute Gasteiger partial charge is 0.251 e. The van der Waals surface area contributed by atoms with Crippen LogP contribution in [0.3, 0.4) is 0 Å². The number of phenols is 1. The number of hydrogen-bond acceptors (Lipinski definition) is 3. The zero-order chi connectivity index (χ0) is 11.4. The first kappa shape index (κ1) is 11.0. The lowest BCUT2D eigenvalue weighted by molar-refractivity contribution is -0.119. The van der Waals surface area contributed by atoms with Crippen LogP contribution in [-0.4, -0.2) is 23.0 Å². The molecular weight excluding hydrogens is 196 g/mol. The SMILES string of the molecule is C[C@H](NC(=O)c1ccc(O)cc1)C(N)=O. The van der Waals surface area contributed by atoms with E-state index in [0.717, 1.165) is 0 Å². The van der Waals surface area contributed by atoms with E-state index in [1.54, 1.807) is 0 Å². The molecule has 4 N–H and O–H groups in total. The molecule has 0 unspecified atom stereocenters. The third kappa shape index (κ3) is 2.98. The molecule has 0 aromatic heterocycles. The highest BCUT2D eigenvalue weighted by Gasteiger charge is 2.13. The van der Waals surface area contributed by atoms with E-state index in [0.29, 0.717) is 5.56 Å². The van der Waals surface area contributed by atoms with E-state index in [4.69, 9.17) is 10.8 Å². The number of primary amides is 1. The van der Waals surface area contributed by atoms with E-state index in [1.165, 1.54) is 31.2 Å². The van der Waals surface area contributed by atoms with Gasteiger partial charge in [0, 0.05) is 5.56 Å². The fraction of sp³-hybridized carbons (Fsp3) is 0.200. The molecule has 1 atom stereocenters. The molecule has 0 spiro atoms. The van der Waals surface area contributed by atoms with Gasteiger partial charge in [-0.2, -0.15) is 0 Å². The minimum Gasteiger partial charge on any atom is -0.508 e. The Morgan fingerprint density at radius 1 is 1.33 bits per heavy atom. The van der Waals surface area contributed by atoms with Crippen LogP contribution >= 0.6 is 0 Å². The van der Waals surface area contributed by atoms with Crippen LogP contribution in [0.4, 0.5) is 0 Å². The Labute approximate surface area is 86.9 Å². The number of benzene rings is 1. The highest BCUT2D eigenvalue weighted by Crippen LogP contribution is 2.09. The first-order valence-corrected chi connectivity index (χ1v) is 4.40. The van der Waals surface area contributed by atoms with Gasteiger partial charge in [-0.3, -0.25) is 9.59 Å². The molecule has 0 saturated carbocycles. The Kier molecular flexibility index (Phi) is 3.28. The molecule has 15 heavy (non-hydrogen) atoms. The van der Waals surface area contributed by atoms with E-state index >= 15 is 0 Å². The molecule has 5 nitrogen and oxygen atoms in total. The average molecular weight is 208 g/mol. The maximum atomic E-state index is 11.5. The summed E-state index contributed by atoms with van der Waals surface area (Å²) in [6.07, 6.45) is 0. The first-order valence-electron chi connectivity index (χ1n) is 4.40. The van der Waals surface area contributed by atoms with Gasteiger partial charge in [-0.25, -0.2) is 0 Å². The molecule has 0 saturated heterocycles. The normalized spacial score (nSPS) is 11.8. The van der Waals surface area contributed by atoms with Crippen LogP contribution in [0.25, 0.3) is 0 Å².